The number of methoxy groups -OCH3 is 1. The van der Waals surface area contributed by atoms with E-state index in [2.05, 4.69) is 20.8 Å². The molecule has 19 heavy (non-hydrogen) atoms. The second-order valence-corrected chi connectivity index (χ2v) is 5.90. The molecule has 1 unspecified atom stereocenters. The van der Waals surface area contributed by atoms with Crippen molar-refractivity contribution in [1.29, 1.82) is 0 Å². The molecular weight excluding hydrogens is 306 g/mol. The van der Waals surface area contributed by atoms with Crippen molar-refractivity contribution in [1.82, 2.24) is 4.90 Å². The molecule has 0 radical (unpaired) electrons. The van der Waals surface area contributed by atoms with Gasteiger partial charge in [-0.1, -0.05) is 22.4 Å². The third kappa shape index (κ3) is 3.57. The van der Waals surface area contributed by atoms with Crippen LogP contribution in [0, 0.1) is 0 Å². The third-order valence-electron chi connectivity index (χ3n) is 3.71. The summed E-state index contributed by atoms with van der Waals surface area (Å²) in [4.78, 5) is 14.0. The maximum absolute atomic E-state index is 11.7. The van der Waals surface area contributed by atoms with Crippen molar-refractivity contribution < 1.29 is 9.53 Å². The van der Waals surface area contributed by atoms with Gasteiger partial charge in [0.2, 0.25) is 0 Å². The standard InChI is InChI=1S/C15H20BrNO2/c1-11(18)15-5-3-4-8-17(15)10-12-9-13(19-2)6-7-14(12)16/h6-7,9,15H,3-5,8,10H2,1-2H3. The van der Waals surface area contributed by atoms with Gasteiger partial charge in [0.25, 0.3) is 0 Å². The zero-order chi connectivity index (χ0) is 13.8. The predicted molar refractivity (Wildman–Crippen MR) is 79.4 cm³/mol. The normalized spacial score (nSPS) is 20.3. The Labute approximate surface area is 123 Å². The van der Waals surface area contributed by atoms with Crippen LogP contribution in [0.25, 0.3) is 0 Å². The van der Waals surface area contributed by atoms with E-state index < -0.39 is 0 Å². The lowest BCUT2D eigenvalue weighted by atomic mass is 9.98. The molecule has 0 aromatic heterocycles. The predicted octanol–water partition coefficient (Wildman–Crippen LogP) is 3.40. The molecule has 0 bridgehead atoms. The lowest BCUT2D eigenvalue weighted by Gasteiger charge is -2.34. The summed E-state index contributed by atoms with van der Waals surface area (Å²) in [5.41, 5.74) is 1.17. The van der Waals surface area contributed by atoms with Gasteiger partial charge in [-0.25, -0.2) is 0 Å². The first-order chi connectivity index (χ1) is 9.11. The number of nitrogens with zero attached hydrogens (tertiary/aromatic N) is 1. The summed E-state index contributed by atoms with van der Waals surface area (Å²) in [5, 5.41) is 0. The molecule has 2 rings (SSSR count). The van der Waals surface area contributed by atoms with Crippen molar-refractivity contribution in [3.05, 3.63) is 28.2 Å². The van der Waals surface area contributed by atoms with Gasteiger partial charge in [-0.05, 0) is 50.1 Å². The minimum atomic E-state index is 0.0758. The zero-order valence-corrected chi connectivity index (χ0v) is 13.1. The van der Waals surface area contributed by atoms with Crippen molar-refractivity contribution in [3.63, 3.8) is 0 Å². The van der Waals surface area contributed by atoms with Crippen LogP contribution in [0.4, 0.5) is 0 Å². The van der Waals surface area contributed by atoms with Crippen LogP contribution >= 0.6 is 15.9 Å². The van der Waals surface area contributed by atoms with Crippen molar-refractivity contribution in [3.8, 4) is 5.75 Å². The molecule has 4 heteroatoms. The van der Waals surface area contributed by atoms with Gasteiger partial charge in [-0.2, -0.15) is 0 Å². The van der Waals surface area contributed by atoms with Gasteiger partial charge >= 0.3 is 0 Å². The Morgan fingerprint density at radius 1 is 1.47 bits per heavy atom. The first-order valence-electron chi connectivity index (χ1n) is 6.68. The van der Waals surface area contributed by atoms with Crippen LogP contribution in [-0.4, -0.2) is 30.4 Å². The van der Waals surface area contributed by atoms with Crippen LogP contribution in [0.1, 0.15) is 31.7 Å². The van der Waals surface area contributed by atoms with Gasteiger partial charge in [-0.3, -0.25) is 9.69 Å². The maximum atomic E-state index is 11.7. The molecule has 3 nitrogen and oxygen atoms in total. The molecule has 1 fully saturated rings. The second-order valence-electron chi connectivity index (χ2n) is 5.05. The number of hydrogen-bond donors (Lipinski definition) is 0. The number of Topliss-reactive ketones (excluding diaryl/α,β-unsaturated/α-hetero) is 1. The highest BCUT2D eigenvalue weighted by Crippen LogP contribution is 2.27. The number of benzene rings is 1. The lowest BCUT2D eigenvalue weighted by Crippen LogP contribution is -2.43. The fraction of sp³-hybridized carbons (Fsp3) is 0.533. The van der Waals surface area contributed by atoms with E-state index >= 15 is 0 Å². The van der Waals surface area contributed by atoms with E-state index in [9.17, 15) is 4.79 Å². The molecule has 1 aliphatic heterocycles. The maximum Gasteiger partial charge on any atom is 0.146 e. The number of ketones is 1. The fourth-order valence-electron chi connectivity index (χ4n) is 2.66. The summed E-state index contributed by atoms with van der Waals surface area (Å²) in [5.74, 6) is 1.13. The van der Waals surface area contributed by atoms with Gasteiger partial charge in [-0.15, -0.1) is 0 Å². The van der Waals surface area contributed by atoms with Crippen LogP contribution in [0.3, 0.4) is 0 Å². The largest absolute Gasteiger partial charge is 0.497 e. The summed E-state index contributed by atoms with van der Waals surface area (Å²) < 4.78 is 6.34. The molecule has 0 N–H and O–H groups in total. The fourth-order valence-corrected chi connectivity index (χ4v) is 3.03. The quantitative estimate of drug-likeness (QED) is 0.849. The van der Waals surface area contributed by atoms with Crippen LogP contribution < -0.4 is 4.74 Å². The van der Waals surface area contributed by atoms with E-state index in [1.807, 2.05) is 18.2 Å². The van der Waals surface area contributed by atoms with E-state index in [0.717, 1.165) is 36.2 Å². The van der Waals surface area contributed by atoms with Crippen molar-refractivity contribution >= 4 is 21.7 Å². The summed E-state index contributed by atoms with van der Waals surface area (Å²) in [6.45, 7) is 3.49. The number of ether oxygens (including phenoxy) is 1. The van der Waals surface area contributed by atoms with Gasteiger partial charge in [0.1, 0.15) is 11.5 Å². The van der Waals surface area contributed by atoms with Crippen molar-refractivity contribution in [2.45, 2.75) is 38.8 Å². The van der Waals surface area contributed by atoms with Crippen molar-refractivity contribution in [2.24, 2.45) is 0 Å². The molecule has 1 atom stereocenters. The van der Waals surface area contributed by atoms with Crippen LogP contribution in [0.2, 0.25) is 0 Å². The molecule has 104 valence electrons. The summed E-state index contributed by atoms with van der Waals surface area (Å²) in [7, 11) is 1.67. The van der Waals surface area contributed by atoms with E-state index in [4.69, 9.17) is 4.74 Å². The molecule has 0 spiro atoms. The first-order valence-corrected chi connectivity index (χ1v) is 7.48. The summed E-state index contributed by atoms with van der Waals surface area (Å²) in [6, 6.07) is 6.05. The van der Waals surface area contributed by atoms with Gasteiger partial charge in [0.05, 0.1) is 13.2 Å². The Hall–Kier alpha value is -0.870. The monoisotopic (exact) mass is 325 g/mol. The molecule has 1 aliphatic rings. The smallest absolute Gasteiger partial charge is 0.146 e. The van der Waals surface area contributed by atoms with Gasteiger partial charge < -0.3 is 4.74 Å². The number of halogens is 1. The molecule has 0 saturated carbocycles. The number of likely N-dealkylation sites (tertiary alicyclic amines) is 1. The average molecular weight is 326 g/mol. The van der Waals surface area contributed by atoms with E-state index in [1.54, 1.807) is 14.0 Å². The summed E-state index contributed by atoms with van der Waals surface area (Å²) >= 11 is 3.58. The minimum Gasteiger partial charge on any atom is -0.497 e. The Morgan fingerprint density at radius 2 is 2.26 bits per heavy atom. The van der Waals surface area contributed by atoms with Gasteiger partial charge in [0.15, 0.2) is 0 Å². The first kappa shape index (κ1) is 14.5. The number of hydrogen-bond acceptors (Lipinski definition) is 3. The molecule has 0 amide bonds. The molecule has 0 aliphatic carbocycles. The molecule has 1 aromatic rings. The van der Waals surface area contributed by atoms with Crippen LogP contribution in [-0.2, 0) is 11.3 Å². The van der Waals surface area contributed by atoms with Crippen LogP contribution in [0.15, 0.2) is 22.7 Å². The highest BCUT2D eigenvalue weighted by atomic mass is 79.9. The zero-order valence-electron chi connectivity index (χ0n) is 11.5. The topological polar surface area (TPSA) is 29.5 Å². The van der Waals surface area contributed by atoms with E-state index in [0.29, 0.717) is 0 Å². The number of carbonyl (C=O) groups is 1. The average Bonchev–Trinajstić information content (AvgIpc) is 2.41. The molecule has 1 heterocycles. The molecule has 1 saturated heterocycles. The summed E-state index contributed by atoms with van der Waals surface area (Å²) in [6.07, 6.45) is 3.31. The SMILES string of the molecule is COc1ccc(Br)c(CN2CCCCC2C(C)=O)c1. The molecular formula is C15H20BrNO2. The highest BCUT2D eigenvalue weighted by molar-refractivity contribution is 9.10. The number of carbonyl (C=O) groups excluding carboxylic acids is 1. The van der Waals surface area contributed by atoms with Gasteiger partial charge in [0, 0.05) is 11.0 Å². The molecule has 1 aromatic carbocycles. The lowest BCUT2D eigenvalue weighted by molar-refractivity contribution is -0.123. The number of piperidine rings is 1. The highest BCUT2D eigenvalue weighted by Gasteiger charge is 2.26. The van der Waals surface area contributed by atoms with Crippen molar-refractivity contribution in [2.75, 3.05) is 13.7 Å². The van der Waals surface area contributed by atoms with E-state index in [1.165, 1.54) is 12.0 Å². The Balaban J connectivity index is 2.16. The Bertz CT molecular complexity index is 461. The Morgan fingerprint density at radius 3 is 2.95 bits per heavy atom. The number of rotatable bonds is 4. The van der Waals surface area contributed by atoms with Crippen LogP contribution in [0.5, 0.6) is 5.75 Å². The Kier molecular flexibility index (Phi) is 4.99. The second kappa shape index (κ2) is 6.53. The third-order valence-corrected chi connectivity index (χ3v) is 4.48. The van der Waals surface area contributed by atoms with E-state index in [-0.39, 0.29) is 11.8 Å². The minimum absolute atomic E-state index is 0.0758.